The monoisotopic (exact) mass is 212 g/mol. The molecule has 6 heteroatoms. The fraction of sp³-hybridized carbons (Fsp3) is 0.444. The van der Waals surface area contributed by atoms with E-state index in [0.717, 1.165) is 0 Å². The highest BCUT2D eigenvalue weighted by Crippen LogP contribution is 2.00. The lowest BCUT2D eigenvalue weighted by atomic mass is 10.4. The van der Waals surface area contributed by atoms with Gasteiger partial charge in [0.05, 0.1) is 25.5 Å². The van der Waals surface area contributed by atoms with Gasteiger partial charge in [0.25, 0.3) is 0 Å². The second-order valence-corrected chi connectivity index (χ2v) is 2.72. The number of rotatable bonds is 4. The number of carbonyl (C=O) groups is 2. The summed E-state index contributed by atoms with van der Waals surface area (Å²) < 4.78 is 10.5. The van der Waals surface area contributed by atoms with Crippen LogP contribution in [0.2, 0.25) is 0 Å². The maximum absolute atomic E-state index is 11.2. The van der Waals surface area contributed by atoms with Crippen molar-refractivity contribution in [2.75, 3.05) is 13.7 Å². The normalized spacial score (nSPS) is 9.73. The van der Waals surface area contributed by atoms with Crippen molar-refractivity contribution in [2.24, 2.45) is 0 Å². The van der Waals surface area contributed by atoms with Crippen LogP contribution >= 0.6 is 0 Å². The maximum atomic E-state index is 11.2. The summed E-state index contributed by atoms with van der Waals surface area (Å²) in [6.07, 6.45) is 2.79. The summed E-state index contributed by atoms with van der Waals surface area (Å²) in [6, 6.07) is 0. The van der Waals surface area contributed by atoms with Crippen LogP contribution in [0.15, 0.2) is 12.4 Å². The number of hydrogen-bond acceptors (Lipinski definition) is 5. The van der Waals surface area contributed by atoms with Crippen LogP contribution in [-0.2, 0) is 20.8 Å². The first-order valence-corrected chi connectivity index (χ1v) is 4.43. The molecule has 6 nitrogen and oxygen atoms in total. The van der Waals surface area contributed by atoms with Crippen LogP contribution < -0.4 is 0 Å². The Hall–Kier alpha value is -1.85. The van der Waals surface area contributed by atoms with Crippen molar-refractivity contribution >= 4 is 11.9 Å². The summed E-state index contributed by atoms with van der Waals surface area (Å²) in [4.78, 5) is 22.1. The minimum Gasteiger partial charge on any atom is -0.468 e. The molecular weight excluding hydrogens is 200 g/mol. The summed E-state index contributed by atoms with van der Waals surface area (Å²) in [5, 5.41) is 3.82. The van der Waals surface area contributed by atoms with Gasteiger partial charge in [-0.25, -0.2) is 4.79 Å². The van der Waals surface area contributed by atoms with Crippen LogP contribution in [0, 0.1) is 0 Å². The van der Waals surface area contributed by atoms with E-state index in [2.05, 4.69) is 9.84 Å². The number of esters is 2. The number of carbonyl (C=O) groups excluding carboxylic acids is 2. The third kappa shape index (κ3) is 3.08. The number of hydrogen-bond donors (Lipinski definition) is 0. The topological polar surface area (TPSA) is 70.4 Å². The molecule has 0 fully saturated rings. The molecule has 0 amide bonds. The van der Waals surface area contributed by atoms with Crippen LogP contribution in [0.4, 0.5) is 0 Å². The van der Waals surface area contributed by atoms with Gasteiger partial charge in [-0.1, -0.05) is 0 Å². The molecule has 0 saturated carbocycles. The van der Waals surface area contributed by atoms with E-state index >= 15 is 0 Å². The fourth-order valence-electron chi connectivity index (χ4n) is 0.967. The Labute approximate surface area is 86.8 Å². The van der Waals surface area contributed by atoms with Gasteiger partial charge in [0, 0.05) is 6.20 Å². The minimum atomic E-state index is -0.450. The molecule has 0 N–H and O–H groups in total. The summed E-state index contributed by atoms with van der Waals surface area (Å²) in [5.41, 5.74) is 0.320. The lowest BCUT2D eigenvalue weighted by molar-refractivity contribution is -0.141. The van der Waals surface area contributed by atoms with Gasteiger partial charge >= 0.3 is 11.9 Å². The summed E-state index contributed by atoms with van der Waals surface area (Å²) in [6.45, 7) is 2.01. The maximum Gasteiger partial charge on any atom is 0.341 e. The first-order valence-electron chi connectivity index (χ1n) is 4.43. The first kappa shape index (κ1) is 11.2. The van der Waals surface area contributed by atoms with Crippen molar-refractivity contribution < 1.29 is 19.1 Å². The van der Waals surface area contributed by atoms with Crippen LogP contribution in [0.1, 0.15) is 17.3 Å². The molecule has 0 aliphatic heterocycles. The predicted molar refractivity (Wildman–Crippen MR) is 50.2 cm³/mol. The van der Waals surface area contributed by atoms with Crippen LogP contribution in [0.25, 0.3) is 0 Å². The van der Waals surface area contributed by atoms with E-state index < -0.39 is 11.9 Å². The third-order valence-electron chi connectivity index (χ3n) is 1.66. The molecule has 1 rings (SSSR count). The lowest BCUT2D eigenvalue weighted by Gasteiger charge is -1.98. The van der Waals surface area contributed by atoms with Crippen LogP contribution in [-0.4, -0.2) is 35.4 Å². The Balaban J connectivity index is 2.63. The van der Waals surface area contributed by atoms with E-state index in [1.807, 2.05) is 0 Å². The zero-order valence-electron chi connectivity index (χ0n) is 8.60. The second-order valence-electron chi connectivity index (χ2n) is 2.72. The quantitative estimate of drug-likeness (QED) is 0.668. The molecule has 82 valence electrons. The molecule has 0 aliphatic rings. The number of nitrogens with zero attached hydrogens (tertiary/aromatic N) is 2. The summed E-state index contributed by atoms with van der Waals surface area (Å²) in [5.74, 6) is -0.873. The lowest BCUT2D eigenvalue weighted by Crippen LogP contribution is -2.11. The van der Waals surface area contributed by atoms with E-state index in [0.29, 0.717) is 12.2 Å². The van der Waals surface area contributed by atoms with Crippen molar-refractivity contribution in [3.63, 3.8) is 0 Å². The Bertz CT molecular complexity index is 359. The number of methoxy groups -OCH3 is 1. The van der Waals surface area contributed by atoms with Crippen LogP contribution in [0.3, 0.4) is 0 Å². The van der Waals surface area contributed by atoms with E-state index in [1.54, 1.807) is 6.92 Å². The van der Waals surface area contributed by atoms with Gasteiger partial charge in [0.2, 0.25) is 0 Å². The Morgan fingerprint density at radius 1 is 1.53 bits per heavy atom. The zero-order chi connectivity index (χ0) is 11.3. The number of aromatic nitrogens is 2. The SMILES string of the molecule is CCOC(=O)c1cnn(CC(=O)OC)c1. The molecule has 0 spiro atoms. The van der Waals surface area contributed by atoms with Crippen molar-refractivity contribution in [2.45, 2.75) is 13.5 Å². The van der Waals surface area contributed by atoms with Gasteiger partial charge in [0.15, 0.2) is 0 Å². The molecule has 0 unspecified atom stereocenters. The molecule has 0 saturated heterocycles. The fourth-order valence-corrected chi connectivity index (χ4v) is 0.967. The second kappa shape index (κ2) is 5.14. The zero-order valence-corrected chi connectivity index (χ0v) is 8.60. The van der Waals surface area contributed by atoms with Gasteiger partial charge in [-0.2, -0.15) is 5.10 Å². The van der Waals surface area contributed by atoms with Crippen molar-refractivity contribution in [3.8, 4) is 0 Å². The standard InChI is InChI=1S/C9H12N2O4/c1-3-15-9(13)7-4-10-11(5-7)6-8(12)14-2/h4-5H,3,6H2,1-2H3. The Kier molecular flexibility index (Phi) is 3.84. The molecule has 15 heavy (non-hydrogen) atoms. The largest absolute Gasteiger partial charge is 0.468 e. The predicted octanol–water partition coefficient (Wildman–Crippen LogP) is 0.233. The molecular formula is C9H12N2O4. The smallest absolute Gasteiger partial charge is 0.341 e. The van der Waals surface area contributed by atoms with Crippen molar-refractivity contribution in [3.05, 3.63) is 18.0 Å². The van der Waals surface area contributed by atoms with Gasteiger partial charge in [-0.3, -0.25) is 9.48 Å². The molecule has 1 heterocycles. The minimum absolute atomic E-state index is 0.0180. The summed E-state index contributed by atoms with van der Waals surface area (Å²) >= 11 is 0. The van der Waals surface area contributed by atoms with Crippen molar-refractivity contribution in [1.29, 1.82) is 0 Å². The molecule has 0 atom stereocenters. The molecule has 0 bridgehead atoms. The van der Waals surface area contributed by atoms with E-state index in [9.17, 15) is 9.59 Å². The molecule has 1 aromatic heterocycles. The highest BCUT2D eigenvalue weighted by molar-refractivity contribution is 5.88. The van der Waals surface area contributed by atoms with Gasteiger partial charge in [-0.05, 0) is 6.92 Å². The van der Waals surface area contributed by atoms with Crippen molar-refractivity contribution in [1.82, 2.24) is 9.78 Å². The number of ether oxygens (including phenoxy) is 2. The third-order valence-corrected chi connectivity index (χ3v) is 1.66. The van der Waals surface area contributed by atoms with E-state index in [1.165, 1.54) is 24.2 Å². The highest BCUT2D eigenvalue weighted by Gasteiger charge is 2.10. The molecule has 0 aromatic carbocycles. The Morgan fingerprint density at radius 2 is 2.27 bits per heavy atom. The average molecular weight is 212 g/mol. The summed E-state index contributed by atoms with van der Waals surface area (Å²) in [7, 11) is 1.29. The average Bonchev–Trinajstić information content (AvgIpc) is 2.66. The van der Waals surface area contributed by atoms with Gasteiger partial charge < -0.3 is 9.47 Å². The van der Waals surface area contributed by atoms with Crippen LogP contribution in [0.5, 0.6) is 0 Å². The molecule has 0 radical (unpaired) electrons. The van der Waals surface area contributed by atoms with E-state index in [-0.39, 0.29) is 6.54 Å². The first-order chi connectivity index (χ1) is 7.17. The van der Waals surface area contributed by atoms with E-state index in [4.69, 9.17) is 4.74 Å². The van der Waals surface area contributed by atoms with Gasteiger partial charge in [0.1, 0.15) is 6.54 Å². The Morgan fingerprint density at radius 3 is 2.87 bits per heavy atom. The molecule has 0 aliphatic carbocycles. The molecule has 1 aromatic rings. The van der Waals surface area contributed by atoms with Gasteiger partial charge in [-0.15, -0.1) is 0 Å². The highest BCUT2D eigenvalue weighted by atomic mass is 16.5.